The Bertz CT molecular complexity index is 2920. The van der Waals surface area contributed by atoms with Crippen LogP contribution in [0, 0.1) is 0 Å². The minimum absolute atomic E-state index is 0.596. The van der Waals surface area contributed by atoms with E-state index in [0.717, 1.165) is 27.8 Å². The lowest BCUT2D eigenvalue weighted by Crippen LogP contribution is -2.00. The molecule has 0 unspecified atom stereocenters. The molecule has 0 fully saturated rings. The van der Waals surface area contributed by atoms with Crippen LogP contribution < -0.4 is 0 Å². The summed E-state index contributed by atoms with van der Waals surface area (Å²) in [6, 6.07) is 55.0. The fourth-order valence-corrected chi connectivity index (χ4v) is 8.68. The van der Waals surface area contributed by atoms with Gasteiger partial charge in [0.15, 0.2) is 17.5 Å². The average molecular weight is 676 g/mol. The number of rotatable bonds is 4. The highest BCUT2D eigenvalue weighted by atomic mass is 35.5. The highest BCUT2D eigenvalue weighted by Crippen LogP contribution is 2.43. The number of benzene rings is 8. The topological polar surface area (TPSA) is 38.7 Å². The smallest absolute Gasteiger partial charge is 0.164 e. The number of nitrogens with zero attached hydrogens (tertiary/aromatic N) is 3. The number of hydrogen-bond acceptors (Lipinski definition) is 4. The lowest BCUT2D eigenvalue weighted by molar-refractivity contribution is 1.07. The van der Waals surface area contributed by atoms with E-state index >= 15 is 0 Å². The van der Waals surface area contributed by atoms with Crippen LogP contribution in [-0.4, -0.2) is 15.0 Å². The van der Waals surface area contributed by atoms with Crippen LogP contribution in [0.1, 0.15) is 0 Å². The standard InChI is InChI=1S/C45H26ClN3S/c46-40-24-22-29(26-39(40)37-19-10-18-36-35-17-8-9-20-41(35)50-42(36)37)45-48-43(27-11-2-1-3-12-27)47-44(49-45)28-21-23-34-32-15-5-4-13-30(32)31-14-6-7-16-33(31)38(34)25-28/h1-26H. The minimum atomic E-state index is 0.596. The second-order valence-corrected chi connectivity index (χ2v) is 14.0. The Labute approximate surface area is 297 Å². The molecule has 0 aliphatic heterocycles. The summed E-state index contributed by atoms with van der Waals surface area (Å²) < 4.78 is 2.47. The summed E-state index contributed by atoms with van der Waals surface area (Å²) in [7, 11) is 0. The van der Waals surface area contributed by atoms with Gasteiger partial charge in [-0.25, -0.2) is 15.0 Å². The summed E-state index contributed by atoms with van der Waals surface area (Å²) in [6.07, 6.45) is 0. The first-order chi connectivity index (χ1) is 24.7. The van der Waals surface area contributed by atoms with Gasteiger partial charge < -0.3 is 0 Å². The van der Waals surface area contributed by atoms with Crippen LogP contribution in [0.15, 0.2) is 158 Å². The number of fused-ring (bicyclic) bond motifs is 9. The molecule has 0 aliphatic rings. The van der Waals surface area contributed by atoms with E-state index in [1.165, 1.54) is 52.5 Å². The Kier molecular flexibility index (Phi) is 6.73. The molecular weight excluding hydrogens is 650 g/mol. The fraction of sp³-hybridized carbons (Fsp3) is 0. The Morgan fingerprint density at radius 3 is 1.58 bits per heavy atom. The minimum Gasteiger partial charge on any atom is -0.208 e. The van der Waals surface area contributed by atoms with Crippen LogP contribution >= 0.6 is 22.9 Å². The molecule has 0 atom stereocenters. The monoisotopic (exact) mass is 675 g/mol. The molecule has 0 saturated carbocycles. The van der Waals surface area contributed by atoms with Crippen molar-refractivity contribution in [3.63, 3.8) is 0 Å². The third-order valence-electron chi connectivity index (χ3n) is 9.59. The quantitative estimate of drug-likeness (QED) is 0.174. The first-order valence-electron chi connectivity index (χ1n) is 16.6. The Morgan fingerprint density at radius 2 is 0.880 bits per heavy atom. The molecule has 2 aromatic heterocycles. The molecule has 0 spiro atoms. The molecule has 0 N–H and O–H groups in total. The second kappa shape index (κ2) is 11.6. The molecule has 0 amide bonds. The van der Waals surface area contributed by atoms with Crippen LogP contribution in [-0.2, 0) is 0 Å². The zero-order chi connectivity index (χ0) is 33.2. The molecular formula is C45H26ClN3S. The highest BCUT2D eigenvalue weighted by molar-refractivity contribution is 7.26. The van der Waals surface area contributed by atoms with Gasteiger partial charge in [-0.05, 0) is 62.6 Å². The molecule has 5 heteroatoms. The predicted octanol–water partition coefficient (Wildman–Crippen LogP) is 13.0. The van der Waals surface area contributed by atoms with Gasteiger partial charge >= 0.3 is 0 Å². The summed E-state index contributed by atoms with van der Waals surface area (Å²) in [4.78, 5) is 15.3. The molecule has 50 heavy (non-hydrogen) atoms. The van der Waals surface area contributed by atoms with E-state index in [9.17, 15) is 0 Å². The van der Waals surface area contributed by atoms with Crippen molar-refractivity contribution in [2.24, 2.45) is 0 Å². The number of aromatic nitrogens is 3. The van der Waals surface area contributed by atoms with Gasteiger partial charge in [0.25, 0.3) is 0 Å². The lowest BCUT2D eigenvalue weighted by atomic mass is 9.93. The largest absolute Gasteiger partial charge is 0.208 e. The van der Waals surface area contributed by atoms with Gasteiger partial charge in [0.05, 0.1) is 0 Å². The Balaban J connectivity index is 1.18. The molecule has 0 aliphatic carbocycles. The second-order valence-electron chi connectivity index (χ2n) is 12.5. The molecule has 2 heterocycles. The molecule has 3 nitrogen and oxygen atoms in total. The summed E-state index contributed by atoms with van der Waals surface area (Å²) in [5.74, 6) is 1.84. The van der Waals surface area contributed by atoms with E-state index < -0.39 is 0 Å². The van der Waals surface area contributed by atoms with E-state index in [4.69, 9.17) is 26.6 Å². The van der Waals surface area contributed by atoms with Gasteiger partial charge in [-0.2, -0.15) is 0 Å². The van der Waals surface area contributed by atoms with Crippen LogP contribution in [0.3, 0.4) is 0 Å². The van der Waals surface area contributed by atoms with Gasteiger partial charge in [0, 0.05) is 53.0 Å². The number of hydrogen-bond donors (Lipinski definition) is 0. The summed E-state index contributed by atoms with van der Waals surface area (Å²) in [6.45, 7) is 0. The lowest BCUT2D eigenvalue weighted by Gasteiger charge is -2.13. The van der Waals surface area contributed by atoms with E-state index in [0.29, 0.717) is 22.5 Å². The maximum atomic E-state index is 6.97. The molecule has 0 bridgehead atoms. The average Bonchev–Trinajstić information content (AvgIpc) is 3.57. The van der Waals surface area contributed by atoms with E-state index in [1.807, 2.05) is 42.5 Å². The first-order valence-corrected chi connectivity index (χ1v) is 17.7. The SMILES string of the molecule is Clc1ccc(-c2nc(-c3ccccc3)nc(-c3ccc4c5ccccc5c5ccccc5c4c3)n2)cc1-c1cccc2c1sc1ccccc12. The molecule has 8 aromatic carbocycles. The predicted molar refractivity (Wildman–Crippen MR) is 212 cm³/mol. The maximum Gasteiger partial charge on any atom is 0.164 e. The third kappa shape index (κ3) is 4.68. The maximum absolute atomic E-state index is 6.97. The zero-order valence-corrected chi connectivity index (χ0v) is 28.2. The molecule has 0 saturated heterocycles. The summed E-state index contributed by atoms with van der Waals surface area (Å²) in [5.41, 5.74) is 4.79. The van der Waals surface area contributed by atoms with Gasteiger partial charge in [-0.15, -0.1) is 11.3 Å². The number of halogens is 1. The molecule has 0 radical (unpaired) electrons. The fourth-order valence-electron chi connectivity index (χ4n) is 7.23. The van der Waals surface area contributed by atoms with E-state index in [2.05, 4.69) is 115 Å². The highest BCUT2D eigenvalue weighted by Gasteiger charge is 2.18. The van der Waals surface area contributed by atoms with Gasteiger partial charge in [0.2, 0.25) is 0 Å². The van der Waals surface area contributed by atoms with E-state index in [1.54, 1.807) is 11.3 Å². The van der Waals surface area contributed by atoms with Crippen molar-refractivity contribution in [2.45, 2.75) is 0 Å². The van der Waals surface area contributed by atoms with Crippen LogP contribution in [0.4, 0.5) is 0 Å². The first kappa shape index (κ1) is 29.0. The molecule has 10 aromatic rings. The Morgan fingerprint density at radius 1 is 0.360 bits per heavy atom. The van der Waals surface area contributed by atoms with Crippen molar-refractivity contribution in [1.29, 1.82) is 0 Å². The molecule has 234 valence electrons. The van der Waals surface area contributed by atoms with Gasteiger partial charge in [0.1, 0.15) is 0 Å². The normalized spacial score (nSPS) is 11.7. The van der Waals surface area contributed by atoms with Crippen molar-refractivity contribution in [3.05, 3.63) is 163 Å². The van der Waals surface area contributed by atoms with E-state index in [-0.39, 0.29) is 0 Å². The van der Waals surface area contributed by atoms with Crippen molar-refractivity contribution < 1.29 is 0 Å². The van der Waals surface area contributed by atoms with Crippen LogP contribution in [0.2, 0.25) is 5.02 Å². The van der Waals surface area contributed by atoms with Gasteiger partial charge in [-0.3, -0.25) is 0 Å². The van der Waals surface area contributed by atoms with Crippen molar-refractivity contribution in [2.75, 3.05) is 0 Å². The van der Waals surface area contributed by atoms with Crippen LogP contribution in [0.25, 0.3) is 97.8 Å². The van der Waals surface area contributed by atoms with Gasteiger partial charge in [-0.1, -0.05) is 139 Å². The van der Waals surface area contributed by atoms with Crippen molar-refractivity contribution in [3.8, 4) is 45.3 Å². The molecule has 10 rings (SSSR count). The van der Waals surface area contributed by atoms with Crippen molar-refractivity contribution in [1.82, 2.24) is 15.0 Å². The van der Waals surface area contributed by atoms with Crippen molar-refractivity contribution >= 4 is 75.4 Å². The zero-order valence-electron chi connectivity index (χ0n) is 26.6. The Hall–Kier alpha value is -5.94. The summed E-state index contributed by atoms with van der Waals surface area (Å²) in [5, 5.41) is 10.5. The third-order valence-corrected chi connectivity index (χ3v) is 11.1. The van der Waals surface area contributed by atoms with Crippen LogP contribution in [0.5, 0.6) is 0 Å². The summed E-state index contributed by atoms with van der Waals surface area (Å²) >= 11 is 8.76. The number of thiophene rings is 1.